The largest absolute Gasteiger partial charge is 0.316 e. The number of rotatable bonds is 7. The second-order valence-corrected chi connectivity index (χ2v) is 9.24. The Morgan fingerprint density at radius 2 is 2.14 bits per heavy atom. The number of benzene rings is 2. The van der Waals surface area contributed by atoms with Crippen molar-refractivity contribution in [2.24, 2.45) is 5.92 Å². The summed E-state index contributed by atoms with van der Waals surface area (Å²) >= 11 is 6.49. The van der Waals surface area contributed by atoms with Crippen LogP contribution in [0.2, 0.25) is 5.02 Å². The van der Waals surface area contributed by atoms with Crippen LogP contribution in [0.4, 0.5) is 10.2 Å². The normalized spacial score (nSPS) is 15.9. The van der Waals surface area contributed by atoms with Gasteiger partial charge in [0.1, 0.15) is 17.2 Å². The third kappa shape index (κ3) is 5.49. The molecule has 1 unspecified atom stereocenters. The number of hydrogen-bond donors (Lipinski definition) is 2. The van der Waals surface area contributed by atoms with Gasteiger partial charge in [-0.25, -0.2) is 14.1 Å². The van der Waals surface area contributed by atoms with Crippen LogP contribution in [0.25, 0.3) is 22.2 Å². The quantitative estimate of drug-likeness (QED) is 0.385. The van der Waals surface area contributed by atoms with Crippen LogP contribution in [-0.4, -0.2) is 39.0 Å². The van der Waals surface area contributed by atoms with Crippen molar-refractivity contribution in [1.29, 1.82) is 0 Å². The predicted molar refractivity (Wildman–Crippen MR) is 135 cm³/mol. The number of amides is 1. The summed E-state index contributed by atoms with van der Waals surface area (Å²) in [5.74, 6) is 0.156. The zero-order valence-corrected chi connectivity index (χ0v) is 19.9. The van der Waals surface area contributed by atoms with Crippen LogP contribution in [0.5, 0.6) is 0 Å². The Balaban J connectivity index is 1.33. The summed E-state index contributed by atoms with van der Waals surface area (Å²) in [5, 5.41) is 15.3. The van der Waals surface area contributed by atoms with Crippen molar-refractivity contribution in [2.45, 2.75) is 32.2 Å². The maximum atomic E-state index is 13.4. The number of nitrogens with zero attached hydrogens (tertiary/aromatic N) is 4. The van der Waals surface area contributed by atoms with Crippen molar-refractivity contribution in [2.75, 3.05) is 18.4 Å². The fraction of sp³-hybridized carbons (Fsp3) is 0.308. The van der Waals surface area contributed by atoms with Gasteiger partial charge in [0.05, 0.1) is 16.5 Å². The highest BCUT2D eigenvalue weighted by Gasteiger charge is 2.21. The average molecular weight is 493 g/mol. The molecule has 7 nitrogen and oxygen atoms in total. The summed E-state index contributed by atoms with van der Waals surface area (Å²) < 4.78 is 15.3. The van der Waals surface area contributed by atoms with E-state index in [2.05, 4.69) is 25.9 Å². The maximum absolute atomic E-state index is 13.4. The maximum Gasteiger partial charge on any atom is 0.229 e. The smallest absolute Gasteiger partial charge is 0.229 e. The van der Waals surface area contributed by atoms with E-state index < -0.39 is 0 Å². The molecule has 1 saturated heterocycles. The second-order valence-electron chi connectivity index (χ2n) is 8.83. The lowest BCUT2D eigenvalue weighted by molar-refractivity contribution is -0.120. The Morgan fingerprint density at radius 3 is 2.97 bits per heavy atom. The van der Waals surface area contributed by atoms with Gasteiger partial charge in [-0.1, -0.05) is 35.0 Å². The van der Waals surface area contributed by atoms with E-state index in [0.29, 0.717) is 23.9 Å². The molecule has 4 aromatic rings. The minimum atomic E-state index is -0.224. The summed E-state index contributed by atoms with van der Waals surface area (Å²) in [4.78, 5) is 16.9. The fourth-order valence-corrected chi connectivity index (χ4v) is 4.67. The Hall–Kier alpha value is -3.36. The van der Waals surface area contributed by atoms with Crippen LogP contribution in [0.15, 0.2) is 54.7 Å². The van der Waals surface area contributed by atoms with Crippen LogP contribution in [-0.2, 0) is 17.8 Å². The number of hydrogen-bond acceptors (Lipinski definition) is 5. The molecule has 3 heterocycles. The number of nitrogens with one attached hydrogen (secondary N) is 2. The number of aryl methyl sites for hydroxylation is 2. The van der Waals surface area contributed by atoms with Gasteiger partial charge in [-0.2, -0.15) is 0 Å². The van der Waals surface area contributed by atoms with E-state index in [1.54, 1.807) is 24.4 Å². The standard InChI is InChI=1S/C26H26ClFN6O/c27-22-16-30-25(31-26(35)19-6-2-10-29-15-19)14-21(22)18-8-9-23-24(13-18)34(33-32-23)11-3-5-17-4-1-7-20(28)12-17/h1,4,7-9,12-14,16,19,29H,2-3,5-6,10-11,15H2,(H,30,31,35). The molecule has 0 bridgehead atoms. The average Bonchev–Trinajstić information content (AvgIpc) is 3.28. The van der Waals surface area contributed by atoms with Crippen molar-refractivity contribution in [3.8, 4) is 11.1 Å². The van der Waals surface area contributed by atoms with Gasteiger partial charge < -0.3 is 10.6 Å². The van der Waals surface area contributed by atoms with Crippen molar-refractivity contribution in [3.05, 3.63) is 71.1 Å². The molecule has 0 saturated carbocycles. The number of aromatic nitrogens is 4. The molecular formula is C26H26ClFN6O. The highest BCUT2D eigenvalue weighted by atomic mass is 35.5. The number of fused-ring (bicyclic) bond motifs is 1. The number of carbonyl (C=O) groups excluding carboxylic acids is 1. The molecule has 9 heteroatoms. The van der Waals surface area contributed by atoms with Crippen LogP contribution >= 0.6 is 11.6 Å². The summed E-state index contributed by atoms with van der Waals surface area (Å²) in [6, 6.07) is 14.3. The summed E-state index contributed by atoms with van der Waals surface area (Å²) in [6.45, 7) is 2.28. The van der Waals surface area contributed by atoms with Crippen LogP contribution < -0.4 is 10.6 Å². The summed E-state index contributed by atoms with van der Waals surface area (Å²) in [7, 11) is 0. The van der Waals surface area contributed by atoms with E-state index in [4.69, 9.17) is 11.6 Å². The molecule has 1 amide bonds. The van der Waals surface area contributed by atoms with Crippen LogP contribution in [0.1, 0.15) is 24.8 Å². The number of carbonyl (C=O) groups is 1. The first-order chi connectivity index (χ1) is 17.1. The van der Waals surface area contributed by atoms with Crippen molar-refractivity contribution >= 4 is 34.4 Å². The van der Waals surface area contributed by atoms with E-state index in [1.807, 2.05) is 28.9 Å². The van der Waals surface area contributed by atoms with Crippen molar-refractivity contribution < 1.29 is 9.18 Å². The zero-order valence-electron chi connectivity index (χ0n) is 19.2. The first-order valence-corrected chi connectivity index (χ1v) is 12.2. The molecule has 1 aliphatic rings. The second kappa shape index (κ2) is 10.5. The number of halogens is 2. The topological polar surface area (TPSA) is 84.7 Å². The molecule has 0 aliphatic carbocycles. The SMILES string of the molecule is O=C(Nc1cc(-c2ccc3nnn(CCCc4cccc(F)c4)c3c2)c(Cl)cn1)C1CCCNC1. The van der Waals surface area contributed by atoms with Gasteiger partial charge in [-0.3, -0.25) is 4.79 Å². The van der Waals surface area contributed by atoms with E-state index >= 15 is 0 Å². The molecule has 2 aromatic heterocycles. The summed E-state index contributed by atoms with van der Waals surface area (Å²) in [6.07, 6.45) is 4.96. The molecule has 0 spiro atoms. The van der Waals surface area contributed by atoms with Gasteiger partial charge in [0, 0.05) is 24.8 Å². The Bertz CT molecular complexity index is 1350. The monoisotopic (exact) mass is 492 g/mol. The lowest BCUT2D eigenvalue weighted by atomic mass is 9.99. The Morgan fingerprint density at radius 1 is 1.23 bits per heavy atom. The molecule has 0 radical (unpaired) electrons. The zero-order chi connectivity index (χ0) is 24.2. The van der Waals surface area contributed by atoms with Gasteiger partial charge >= 0.3 is 0 Å². The van der Waals surface area contributed by atoms with Gasteiger partial charge in [0.25, 0.3) is 0 Å². The molecule has 2 N–H and O–H groups in total. The van der Waals surface area contributed by atoms with Crippen LogP contribution in [0.3, 0.4) is 0 Å². The molecule has 180 valence electrons. The lowest BCUT2D eigenvalue weighted by Crippen LogP contribution is -2.37. The van der Waals surface area contributed by atoms with E-state index in [-0.39, 0.29) is 17.6 Å². The minimum absolute atomic E-state index is 0.0333. The lowest BCUT2D eigenvalue weighted by Gasteiger charge is -2.21. The van der Waals surface area contributed by atoms with Gasteiger partial charge in [0.2, 0.25) is 5.91 Å². The number of pyridine rings is 1. The van der Waals surface area contributed by atoms with Gasteiger partial charge in [-0.15, -0.1) is 5.10 Å². The molecule has 1 atom stereocenters. The Labute approximate surface area is 207 Å². The Kier molecular flexibility index (Phi) is 7.01. The third-order valence-electron chi connectivity index (χ3n) is 6.32. The molecule has 1 fully saturated rings. The van der Waals surface area contributed by atoms with Crippen molar-refractivity contribution in [3.63, 3.8) is 0 Å². The molecule has 35 heavy (non-hydrogen) atoms. The third-order valence-corrected chi connectivity index (χ3v) is 6.62. The molecule has 2 aromatic carbocycles. The fourth-order valence-electron chi connectivity index (χ4n) is 4.46. The predicted octanol–water partition coefficient (Wildman–Crippen LogP) is 4.86. The van der Waals surface area contributed by atoms with E-state index in [0.717, 1.165) is 60.0 Å². The first-order valence-electron chi connectivity index (χ1n) is 11.8. The van der Waals surface area contributed by atoms with Gasteiger partial charge in [-0.05, 0) is 73.7 Å². The highest BCUT2D eigenvalue weighted by Crippen LogP contribution is 2.31. The number of piperidine rings is 1. The molecule has 1 aliphatic heterocycles. The molecular weight excluding hydrogens is 467 g/mol. The van der Waals surface area contributed by atoms with Crippen LogP contribution in [0, 0.1) is 11.7 Å². The van der Waals surface area contributed by atoms with E-state index in [9.17, 15) is 9.18 Å². The highest BCUT2D eigenvalue weighted by molar-refractivity contribution is 6.33. The first kappa shape index (κ1) is 23.4. The van der Waals surface area contributed by atoms with Crippen molar-refractivity contribution in [1.82, 2.24) is 25.3 Å². The van der Waals surface area contributed by atoms with E-state index in [1.165, 1.54) is 6.07 Å². The summed E-state index contributed by atoms with van der Waals surface area (Å²) in [5.41, 5.74) is 4.27. The number of anilines is 1. The van der Waals surface area contributed by atoms with Gasteiger partial charge in [0.15, 0.2) is 0 Å². The molecule has 5 rings (SSSR count). The minimum Gasteiger partial charge on any atom is -0.316 e.